The summed E-state index contributed by atoms with van der Waals surface area (Å²) in [5.74, 6) is -0.652. The van der Waals surface area contributed by atoms with Gasteiger partial charge >= 0.3 is 5.97 Å². The number of rotatable bonds is 38. The molecule has 0 aromatic heterocycles. The molecule has 1 N–H and O–H groups in total. The van der Waals surface area contributed by atoms with E-state index in [4.69, 9.17) is 0 Å². The van der Waals surface area contributed by atoms with Crippen molar-refractivity contribution in [3.05, 3.63) is 0 Å². The molecule has 0 saturated heterocycles. The predicted octanol–water partition coefficient (Wildman–Crippen LogP) is 15.2. The molecule has 1 unspecified atom stereocenters. The van der Waals surface area contributed by atoms with Crippen molar-refractivity contribution in [2.45, 2.75) is 251 Å². The fourth-order valence-corrected chi connectivity index (χ4v) is 6.80. The Kier molecular flexibility index (Phi) is 37.2. The van der Waals surface area contributed by atoms with Gasteiger partial charge < -0.3 is 5.11 Å². The lowest BCUT2D eigenvalue weighted by Gasteiger charge is -2.12. The van der Waals surface area contributed by atoms with Crippen molar-refractivity contribution in [3.8, 4) is 0 Å². The highest BCUT2D eigenvalue weighted by Gasteiger charge is 2.16. The Hall–Kier alpha value is -0.530. The van der Waals surface area contributed by atoms with Gasteiger partial charge in [-0.05, 0) is 12.8 Å². The first-order valence-corrected chi connectivity index (χ1v) is 20.4. The molecule has 1 atom stereocenters. The molecule has 0 aliphatic heterocycles. The highest BCUT2D eigenvalue weighted by Crippen LogP contribution is 2.21. The smallest absolute Gasteiger partial charge is 0.306 e. The lowest BCUT2D eigenvalue weighted by molar-refractivity contribution is -0.142. The van der Waals surface area contributed by atoms with Crippen molar-refractivity contribution < 1.29 is 9.90 Å². The summed E-state index contributed by atoms with van der Waals surface area (Å²) in [5, 5.41) is 9.65. The summed E-state index contributed by atoms with van der Waals surface area (Å²) in [6, 6.07) is 0. The molecule has 0 rings (SSSR count). The molecule has 0 fully saturated rings. The summed E-state index contributed by atoms with van der Waals surface area (Å²) in [5.41, 5.74) is 0. The van der Waals surface area contributed by atoms with Crippen LogP contribution in [0.3, 0.4) is 0 Å². The van der Waals surface area contributed by atoms with E-state index in [1.165, 1.54) is 212 Å². The van der Waals surface area contributed by atoms with Crippen LogP contribution in [0, 0.1) is 5.92 Å². The zero-order valence-corrected chi connectivity index (χ0v) is 30.1. The van der Waals surface area contributed by atoms with Gasteiger partial charge in [0.15, 0.2) is 0 Å². The Morgan fingerprint density at radius 3 is 0.651 bits per heavy atom. The van der Waals surface area contributed by atoms with Crippen LogP contribution >= 0.6 is 0 Å². The number of aliphatic carboxylic acids is 1. The second kappa shape index (κ2) is 37.7. The first kappa shape index (κ1) is 42.5. The average Bonchev–Trinajstić information content (AvgIpc) is 3.00. The van der Waals surface area contributed by atoms with E-state index in [0.717, 1.165) is 25.7 Å². The summed E-state index contributed by atoms with van der Waals surface area (Å²) >= 11 is 0. The van der Waals surface area contributed by atoms with Crippen molar-refractivity contribution >= 4 is 5.97 Å². The minimum absolute atomic E-state index is 0.0996. The van der Waals surface area contributed by atoms with Crippen LogP contribution in [0.15, 0.2) is 0 Å². The van der Waals surface area contributed by atoms with Gasteiger partial charge in [0.05, 0.1) is 5.92 Å². The molecule has 258 valence electrons. The molecule has 0 radical (unpaired) electrons. The number of carbonyl (C=O) groups is 1. The molecule has 0 aromatic rings. The summed E-state index contributed by atoms with van der Waals surface area (Å²) in [6.45, 7) is 4.59. The van der Waals surface area contributed by atoms with Crippen LogP contribution in [0.25, 0.3) is 0 Å². The Morgan fingerprint density at radius 2 is 0.488 bits per heavy atom. The van der Waals surface area contributed by atoms with Crippen molar-refractivity contribution in [2.24, 2.45) is 5.92 Å². The van der Waals surface area contributed by atoms with Gasteiger partial charge in [0.2, 0.25) is 0 Å². The summed E-state index contributed by atoms with van der Waals surface area (Å²) in [6.07, 6.45) is 50.2. The minimum Gasteiger partial charge on any atom is -0.481 e. The minimum atomic E-state index is -0.552. The molecule has 0 heterocycles. The van der Waals surface area contributed by atoms with Crippen LogP contribution in [0.4, 0.5) is 0 Å². The third-order valence-electron chi connectivity index (χ3n) is 9.91. The largest absolute Gasteiger partial charge is 0.481 e. The van der Waals surface area contributed by atoms with E-state index in [2.05, 4.69) is 13.8 Å². The molecule has 0 aromatic carbocycles. The summed E-state index contributed by atoms with van der Waals surface area (Å²) in [7, 11) is 0. The van der Waals surface area contributed by atoms with Crippen LogP contribution < -0.4 is 0 Å². The van der Waals surface area contributed by atoms with Gasteiger partial charge in [-0.3, -0.25) is 4.79 Å². The highest BCUT2D eigenvalue weighted by atomic mass is 16.4. The van der Waals surface area contributed by atoms with Gasteiger partial charge in [-0.1, -0.05) is 239 Å². The second-order valence-corrected chi connectivity index (χ2v) is 14.3. The normalized spacial score (nSPS) is 12.2. The molecular formula is C41H82O2. The monoisotopic (exact) mass is 607 g/mol. The lowest BCUT2D eigenvalue weighted by atomic mass is 9.94. The lowest BCUT2D eigenvalue weighted by Crippen LogP contribution is -2.13. The summed E-state index contributed by atoms with van der Waals surface area (Å²) in [4.78, 5) is 11.7. The number of carboxylic acids is 1. The Balaban J connectivity index is 3.35. The van der Waals surface area contributed by atoms with E-state index in [-0.39, 0.29) is 5.92 Å². The fraction of sp³-hybridized carbons (Fsp3) is 0.976. The fourth-order valence-electron chi connectivity index (χ4n) is 6.80. The number of hydrogen-bond donors (Lipinski definition) is 1. The third-order valence-corrected chi connectivity index (χ3v) is 9.91. The predicted molar refractivity (Wildman–Crippen MR) is 193 cm³/mol. The topological polar surface area (TPSA) is 37.3 Å². The molecule has 0 aliphatic carbocycles. The van der Waals surface area contributed by atoms with Crippen LogP contribution in [0.5, 0.6) is 0 Å². The van der Waals surface area contributed by atoms with Gasteiger partial charge in [0.25, 0.3) is 0 Å². The Bertz CT molecular complexity index is 516. The first-order chi connectivity index (χ1) is 21.2. The van der Waals surface area contributed by atoms with Crippen LogP contribution in [-0.4, -0.2) is 11.1 Å². The highest BCUT2D eigenvalue weighted by molar-refractivity contribution is 5.69. The molecule has 2 nitrogen and oxygen atoms in total. The maximum Gasteiger partial charge on any atom is 0.306 e. The zero-order chi connectivity index (χ0) is 31.3. The van der Waals surface area contributed by atoms with Gasteiger partial charge in [-0.15, -0.1) is 0 Å². The quantitative estimate of drug-likeness (QED) is 0.0710. The maximum atomic E-state index is 11.7. The summed E-state index contributed by atoms with van der Waals surface area (Å²) < 4.78 is 0. The van der Waals surface area contributed by atoms with Gasteiger partial charge in [-0.25, -0.2) is 0 Å². The van der Waals surface area contributed by atoms with E-state index in [0.29, 0.717) is 0 Å². The van der Waals surface area contributed by atoms with Crippen LogP contribution in [-0.2, 0) is 4.79 Å². The van der Waals surface area contributed by atoms with Crippen LogP contribution in [0.1, 0.15) is 251 Å². The SMILES string of the molecule is CCCCCCCCCCCCCCCCCCCCCC(CCCCCCCCCCCCCCCCCC)C(=O)O. The van der Waals surface area contributed by atoms with E-state index in [9.17, 15) is 9.90 Å². The molecule has 0 bridgehead atoms. The van der Waals surface area contributed by atoms with Crippen molar-refractivity contribution in [1.29, 1.82) is 0 Å². The number of hydrogen-bond acceptors (Lipinski definition) is 1. The van der Waals surface area contributed by atoms with Crippen LogP contribution in [0.2, 0.25) is 0 Å². The molecule has 0 spiro atoms. The van der Waals surface area contributed by atoms with E-state index >= 15 is 0 Å². The first-order valence-electron chi connectivity index (χ1n) is 20.4. The molecule has 43 heavy (non-hydrogen) atoms. The molecule has 2 heteroatoms. The van der Waals surface area contributed by atoms with Crippen molar-refractivity contribution in [3.63, 3.8) is 0 Å². The molecule has 0 aliphatic rings. The number of carboxylic acid groups (broad SMARTS) is 1. The molecular weight excluding hydrogens is 524 g/mol. The Morgan fingerprint density at radius 1 is 0.326 bits per heavy atom. The van der Waals surface area contributed by atoms with Gasteiger partial charge in [-0.2, -0.15) is 0 Å². The maximum absolute atomic E-state index is 11.7. The third kappa shape index (κ3) is 35.8. The number of unbranched alkanes of at least 4 members (excludes halogenated alkanes) is 33. The van der Waals surface area contributed by atoms with Gasteiger partial charge in [0, 0.05) is 0 Å². The van der Waals surface area contributed by atoms with E-state index in [1.807, 2.05) is 0 Å². The Labute approximate surface area is 272 Å². The standard InChI is InChI=1S/C41H82O2/c1-3-5-7-9-11-13-15-17-19-21-22-23-25-27-29-31-33-35-37-39-40(41(42)43)38-36-34-32-30-28-26-24-20-18-16-14-12-10-8-6-4-2/h40H,3-39H2,1-2H3,(H,42,43). The van der Waals surface area contributed by atoms with Crippen molar-refractivity contribution in [2.75, 3.05) is 0 Å². The average molecular weight is 607 g/mol. The zero-order valence-electron chi connectivity index (χ0n) is 30.1. The van der Waals surface area contributed by atoms with Gasteiger partial charge in [0.1, 0.15) is 0 Å². The molecule has 0 saturated carbocycles. The van der Waals surface area contributed by atoms with Crippen molar-refractivity contribution in [1.82, 2.24) is 0 Å². The second-order valence-electron chi connectivity index (χ2n) is 14.3. The molecule has 0 amide bonds. The van der Waals surface area contributed by atoms with E-state index in [1.54, 1.807) is 0 Å². The van der Waals surface area contributed by atoms with E-state index < -0.39 is 5.97 Å².